The van der Waals surface area contributed by atoms with E-state index in [0.29, 0.717) is 22.1 Å². The number of aliphatic carboxylic acids is 2. The zero-order chi connectivity index (χ0) is 27.8. The van der Waals surface area contributed by atoms with E-state index in [0.717, 1.165) is 4.57 Å². The maximum atomic E-state index is 12.2. The molecule has 13 heteroatoms. The average Bonchev–Trinajstić information content (AvgIpc) is 3.32. The fraction of sp³-hybridized carbons (Fsp3) is 0.154. The predicted molar refractivity (Wildman–Crippen MR) is 137 cm³/mol. The highest BCUT2D eigenvalue weighted by molar-refractivity contribution is 5.99. The number of imidazole rings is 1. The molecule has 0 amide bonds. The topological polar surface area (TPSA) is 175 Å². The quantitative estimate of drug-likeness (QED) is 0.0985. The van der Waals surface area contributed by atoms with Crippen molar-refractivity contribution in [3.8, 4) is 0 Å². The first-order valence-corrected chi connectivity index (χ1v) is 11.7. The van der Waals surface area contributed by atoms with E-state index in [1.807, 2.05) is 6.07 Å². The van der Waals surface area contributed by atoms with Gasteiger partial charge in [-0.15, -0.1) is 19.9 Å². The molecule has 0 aliphatic carbocycles. The maximum absolute atomic E-state index is 12.2. The van der Waals surface area contributed by atoms with E-state index in [2.05, 4.69) is 20.4 Å². The van der Waals surface area contributed by atoms with Crippen molar-refractivity contribution in [3.63, 3.8) is 0 Å². The van der Waals surface area contributed by atoms with Gasteiger partial charge in [-0.1, -0.05) is 48.5 Å². The Balaban J connectivity index is 1.68. The highest BCUT2D eigenvalue weighted by atomic mass is 16.4. The smallest absolute Gasteiger partial charge is 0.481 e. The molecule has 2 heterocycles. The number of hydrogen-bond acceptors (Lipinski definition) is 6. The summed E-state index contributed by atoms with van der Waals surface area (Å²) in [5.74, 6) is -2.07. The van der Waals surface area contributed by atoms with Crippen molar-refractivity contribution in [1.82, 2.24) is 9.13 Å². The number of nitrogens with zero attached hydrogens (tertiary/aromatic N) is 7. The van der Waals surface area contributed by atoms with Crippen LogP contribution in [0.25, 0.3) is 11.0 Å². The van der Waals surface area contributed by atoms with E-state index < -0.39 is 24.1 Å². The minimum absolute atomic E-state index is 0.0985. The maximum Gasteiger partial charge on any atom is 0.509 e. The first kappa shape index (κ1) is 26.6. The monoisotopic (exact) mass is 530 g/mol. The fourth-order valence-electron chi connectivity index (χ4n) is 3.79. The van der Waals surface area contributed by atoms with Crippen molar-refractivity contribution >= 4 is 34.9 Å². The van der Waals surface area contributed by atoms with Gasteiger partial charge in [-0.2, -0.15) is 9.91 Å². The summed E-state index contributed by atoms with van der Waals surface area (Å²) in [6, 6.07) is 19.3. The standard InChI is InChI=1S/C26H23N7O6/c34-23(35)13-15-31-14-7-6-12-22(31)28-30-24(18-8-2-1-3-9-18)29-27-16-21(25(36)37)32-17-33(26(38)39)20-11-5-4-10-19(20)32/h1-12,14,17,21H,13,15-16H2,(H2-,34,35,36,37,38,39)/p+1. The van der Waals surface area contributed by atoms with Gasteiger partial charge in [0.2, 0.25) is 11.9 Å². The number of amidine groups is 1. The summed E-state index contributed by atoms with van der Waals surface area (Å²) < 4.78 is 3.90. The van der Waals surface area contributed by atoms with E-state index in [1.54, 1.807) is 77.5 Å². The largest absolute Gasteiger partial charge is 0.509 e. The molecular formula is C26H24N7O6+. The average molecular weight is 531 g/mol. The van der Waals surface area contributed by atoms with Crippen LogP contribution in [0, 0.1) is 0 Å². The second-order valence-electron chi connectivity index (χ2n) is 8.23. The van der Waals surface area contributed by atoms with E-state index >= 15 is 0 Å². The summed E-state index contributed by atoms with van der Waals surface area (Å²) in [6.45, 7) is -0.127. The fourth-order valence-corrected chi connectivity index (χ4v) is 3.79. The molecule has 0 aliphatic rings. The Hall–Kier alpha value is -5.46. The Morgan fingerprint density at radius 2 is 1.62 bits per heavy atom. The van der Waals surface area contributed by atoms with Gasteiger partial charge in [-0.05, 0) is 24.3 Å². The molecule has 39 heavy (non-hydrogen) atoms. The second-order valence-corrected chi connectivity index (χ2v) is 8.23. The zero-order valence-corrected chi connectivity index (χ0v) is 20.5. The molecule has 0 bridgehead atoms. The Kier molecular flexibility index (Phi) is 8.31. The second kappa shape index (κ2) is 12.2. The van der Waals surface area contributed by atoms with Gasteiger partial charge in [0.05, 0.1) is 6.42 Å². The van der Waals surface area contributed by atoms with Crippen LogP contribution in [0.1, 0.15) is 18.0 Å². The number of rotatable bonds is 9. The number of hydrogen-bond donors (Lipinski definition) is 3. The lowest BCUT2D eigenvalue weighted by molar-refractivity contribution is -0.683. The Morgan fingerprint density at radius 1 is 0.897 bits per heavy atom. The molecular weight excluding hydrogens is 506 g/mol. The van der Waals surface area contributed by atoms with Gasteiger partial charge in [-0.3, -0.25) is 4.79 Å². The number of pyridine rings is 1. The molecule has 1 unspecified atom stereocenters. The van der Waals surface area contributed by atoms with Crippen LogP contribution in [-0.4, -0.2) is 54.9 Å². The van der Waals surface area contributed by atoms with E-state index in [9.17, 15) is 24.6 Å². The first-order valence-electron chi connectivity index (χ1n) is 11.7. The van der Waals surface area contributed by atoms with Crippen molar-refractivity contribution in [2.75, 3.05) is 6.54 Å². The van der Waals surface area contributed by atoms with Gasteiger partial charge < -0.3 is 19.9 Å². The van der Waals surface area contributed by atoms with Gasteiger partial charge >= 0.3 is 18.0 Å². The van der Waals surface area contributed by atoms with Crippen LogP contribution in [0.15, 0.2) is 106 Å². The predicted octanol–water partition coefficient (Wildman–Crippen LogP) is 2.77. The molecule has 0 saturated carbocycles. The van der Waals surface area contributed by atoms with Crippen LogP contribution in [0.5, 0.6) is 0 Å². The van der Waals surface area contributed by atoms with Crippen molar-refractivity contribution in [3.05, 3.63) is 96.4 Å². The lowest BCUT2D eigenvalue weighted by atomic mass is 10.2. The molecule has 3 N–H and O–H groups in total. The normalized spacial score (nSPS) is 13.1. The third-order valence-electron chi connectivity index (χ3n) is 5.67. The molecule has 0 radical (unpaired) electrons. The molecule has 4 aromatic rings. The van der Waals surface area contributed by atoms with Gasteiger partial charge in [0.1, 0.15) is 6.54 Å². The Bertz CT molecular complexity index is 1640. The van der Waals surface area contributed by atoms with Crippen LogP contribution in [0.4, 0.5) is 4.79 Å². The molecule has 0 fully saturated rings. The number of benzene rings is 2. The van der Waals surface area contributed by atoms with Crippen LogP contribution in [-0.2, 0) is 16.1 Å². The summed E-state index contributed by atoms with van der Waals surface area (Å²) in [6.07, 6.45) is 1.54. The van der Waals surface area contributed by atoms with E-state index in [4.69, 9.17) is 5.11 Å². The number of aromatic nitrogens is 3. The molecule has 2 aromatic heterocycles. The zero-order valence-electron chi connectivity index (χ0n) is 20.5. The SMILES string of the molecule is O=C(O)CCn1ccccc1=NN=C(N=NCC(C(=O)O)[n+]1cn(C(=O)O)c2ccccc21)c1ccccc1. The molecule has 0 aliphatic heterocycles. The minimum atomic E-state index is -1.25. The van der Waals surface area contributed by atoms with Crippen molar-refractivity contribution in [2.45, 2.75) is 19.0 Å². The Morgan fingerprint density at radius 3 is 2.33 bits per heavy atom. The molecule has 1 atom stereocenters. The highest BCUT2D eigenvalue weighted by Crippen LogP contribution is 2.14. The van der Waals surface area contributed by atoms with E-state index in [1.165, 1.54) is 10.9 Å². The molecule has 0 spiro atoms. The van der Waals surface area contributed by atoms with Gasteiger partial charge in [0.15, 0.2) is 16.5 Å². The van der Waals surface area contributed by atoms with Gasteiger partial charge in [-0.25, -0.2) is 9.36 Å². The van der Waals surface area contributed by atoms with Crippen LogP contribution < -0.4 is 10.1 Å². The lowest BCUT2D eigenvalue weighted by Crippen LogP contribution is -2.45. The summed E-state index contributed by atoms with van der Waals surface area (Å²) >= 11 is 0. The highest BCUT2D eigenvalue weighted by Gasteiger charge is 2.30. The molecule has 4 rings (SSSR count). The minimum Gasteiger partial charge on any atom is -0.481 e. The van der Waals surface area contributed by atoms with Crippen molar-refractivity contribution in [1.29, 1.82) is 0 Å². The first-order chi connectivity index (χ1) is 18.8. The summed E-state index contributed by atoms with van der Waals surface area (Å²) in [5.41, 5.74) is 1.70. The van der Waals surface area contributed by atoms with Crippen molar-refractivity contribution in [2.24, 2.45) is 20.4 Å². The molecule has 13 nitrogen and oxygen atoms in total. The number of carbonyl (C=O) groups is 3. The molecule has 2 aromatic carbocycles. The van der Waals surface area contributed by atoms with E-state index in [-0.39, 0.29) is 25.3 Å². The number of carboxylic acids is 2. The summed E-state index contributed by atoms with van der Waals surface area (Å²) in [7, 11) is 0. The van der Waals surface area contributed by atoms with Crippen LogP contribution in [0.2, 0.25) is 0 Å². The number of fused-ring (bicyclic) bond motifs is 1. The summed E-state index contributed by atoms with van der Waals surface area (Å²) in [5, 5.41) is 45.2. The molecule has 0 saturated heterocycles. The van der Waals surface area contributed by atoms with Crippen molar-refractivity contribution < 1.29 is 34.3 Å². The van der Waals surface area contributed by atoms with Crippen LogP contribution >= 0.6 is 0 Å². The number of carboxylic acid groups (broad SMARTS) is 3. The molecule has 198 valence electrons. The summed E-state index contributed by atoms with van der Waals surface area (Å²) in [4.78, 5) is 34.8. The van der Waals surface area contributed by atoms with Gasteiger partial charge in [0, 0.05) is 18.3 Å². The third-order valence-corrected chi connectivity index (χ3v) is 5.67. The number of aryl methyl sites for hydroxylation is 1. The Labute approximate surface area is 220 Å². The lowest BCUT2D eigenvalue weighted by Gasteiger charge is -2.06. The van der Waals surface area contributed by atoms with Crippen LogP contribution in [0.3, 0.4) is 0 Å². The third kappa shape index (κ3) is 6.46. The number of para-hydroxylation sites is 2. The number of azo groups is 1. The van der Waals surface area contributed by atoms with Gasteiger partial charge in [0.25, 0.3) is 6.33 Å².